The van der Waals surface area contributed by atoms with Crippen LogP contribution in [0.1, 0.15) is 11.5 Å². The topological polar surface area (TPSA) is 135 Å². The molecule has 0 unspecified atom stereocenters. The lowest BCUT2D eigenvalue weighted by Gasteiger charge is -2.05. The minimum absolute atomic E-state index is 0.0251. The van der Waals surface area contributed by atoms with E-state index >= 15 is 0 Å². The number of nitro benzene ring substituents is 1. The van der Waals surface area contributed by atoms with E-state index in [1.54, 1.807) is 18.2 Å². The number of benzene rings is 2. The van der Waals surface area contributed by atoms with E-state index in [1.165, 1.54) is 27.8 Å². The van der Waals surface area contributed by atoms with Crippen LogP contribution in [0.15, 0.2) is 70.3 Å². The quantitative estimate of drug-likeness (QED) is 0.307. The molecule has 32 heavy (non-hydrogen) atoms. The Morgan fingerprint density at radius 3 is 2.66 bits per heavy atom. The van der Waals surface area contributed by atoms with Crippen molar-refractivity contribution in [3.63, 3.8) is 0 Å². The summed E-state index contributed by atoms with van der Waals surface area (Å²) in [7, 11) is 0. The van der Waals surface area contributed by atoms with Crippen molar-refractivity contribution >= 4 is 16.7 Å². The maximum Gasteiger partial charge on any atom is 0.294 e. The van der Waals surface area contributed by atoms with Crippen molar-refractivity contribution in [2.24, 2.45) is 0 Å². The molecule has 0 bridgehead atoms. The van der Waals surface area contributed by atoms with Crippen LogP contribution in [0.5, 0.6) is 0 Å². The SMILES string of the molecule is Cc1ccc(-c2nnc(Cn3cnc4c(cnn4-c4ccccc4[N+](=O)[O-])c3=O)o2)cc1. The Balaban J connectivity index is 1.49. The predicted octanol–water partition coefficient (Wildman–Crippen LogP) is 2.90. The highest BCUT2D eigenvalue weighted by Crippen LogP contribution is 2.24. The molecule has 3 heterocycles. The Bertz CT molecular complexity index is 1520. The fourth-order valence-corrected chi connectivity index (χ4v) is 3.31. The molecule has 11 heteroatoms. The number of fused-ring (bicyclic) bond motifs is 1. The largest absolute Gasteiger partial charge is 0.419 e. The van der Waals surface area contributed by atoms with Crippen LogP contribution >= 0.6 is 0 Å². The van der Waals surface area contributed by atoms with E-state index in [-0.39, 0.29) is 40.4 Å². The van der Waals surface area contributed by atoms with E-state index in [2.05, 4.69) is 20.3 Å². The van der Waals surface area contributed by atoms with Crippen LogP contribution in [0, 0.1) is 17.0 Å². The molecular weight excluding hydrogens is 414 g/mol. The molecule has 0 aliphatic heterocycles. The monoisotopic (exact) mass is 429 g/mol. The molecule has 0 atom stereocenters. The molecule has 158 valence electrons. The second kappa shape index (κ2) is 7.54. The molecular formula is C21H15N7O4. The summed E-state index contributed by atoms with van der Waals surface area (Å²) in [5.41, 5.74) is 1.80. The van der Waals surface area contributed by atoms with E-state index in [4.69, 9.17) is 4.42 Å². The van der Waals surface area contributed by atoms with Crippen molar-refractivity contribution < 1.29 is 9.34 Å². The number of nitrogens with zero attached hydrogens (tertiary/aromatic N) is 7. The standard InChI is InChI=1S/C21H15N7O4/c1-13-6-8-14(9-7-13)20-25-24-18(32-20)11-26-12-22-19-15(21(26)29)10-23-27(19)16-4-2-3-5-17(16)28(30)31/h2-10,12H,11H2,1H3. The number of rotatable bonds is 5. The van der Waals surface area contributed by atoms with Crippen LogP contribution in [0.25, 0.3) is 28.2 Å². The molecule has 5 aromatic rings. The Hall–Kier alpha value is -4.67. The summed E-state index contributed by atoms with van der Waals surface area (Å²) in [5, 5.41) is 23.8. The summed E-state index contributed by atoms with van der Waals surface area (Å²) < 4.78 is 8.29. The van der Waals surface area contributed by atoms with Gasteiger partial charge in [-0.05, 0) is 25.1 Å². The second-order valence-corrected chi connectivity index (χ2v) is 7.08. The van der Waals surface area contributed by atoms with Crippen LogP contribution < -0.4 is 5.56 Å². The Kier molecular flexibility index (Phi) is 4.55. The van der Waals surface area contributed by atoms with Gasteiger partial charge in [0.15, 0.2) is 5.65 Å². The number of hydrogen-bond donors (Lipinski definition) is 0. The van der Waals surface area contributed by atoms with Crippen LogP contribution in [0.4, 0.5) is 5.69 Å². The van der Waals surface area contributed by atoms with Crippen molar-refractivity contribution in [3.05, 3.63) is 93.0 Å². The fraction of sp³-hybridized carbons (Fsp3) is 0.0952. The first-order valence-electron chi connectivity index (χ1n) is 9.57. The number of hydrogen-bond acceptors (Lipinski definition) is 8. The molecule has 0 saturated heterocycles. The zero-order valence-corrected chi connectivity index (χ0v) is 16.7. The van der Waals surface area contributed by atoms with Crippen molar-refractivity contribution in [1.82, 2.24) is 29.5 Å². The van der Waals surface area contributed by atoms with Gasteiger partial charge in [-0.15, -0.1) is 10.2 Å². The Morgan fingerprint density at radius 2 is 1.88 bits per heavy atom. The van der Waals surface area contributed by atoms with Gasteiger partial charge in [-0.25, -0.2) is 9.67 Å². The minimum atomic E-state index is -0.509. The van der Waals surface area contributed by atoms with Gasteiger partial charge in [0.2, 0.25) is 11.8 Å². The van der Waals surface area contributed by atoms with Crippen molar-refractivity contribution in [1.29, 1.82) is 0 Å². The molecule has 0 aliphatic rings. The predicted molar refractivity (Wildman–Crippen MR) is 113 cm³/mol. The van der Waals surface area contributed by atoms with Gasteiger partial charge in [-0.1, -0.05) is 29.8 Å². The van der Waals surface area contributed by atoms with Crippen molar-refractivity contribution in [3.8, 4) is 17.1 Å². The van der Waals surface area contributed by atoms with E-state index in [1.807, 2.05) is 31.2 Å². The number of aromatic nitrogens is 6. The molecule has 0 radical (unpaired) electrons. The van der Waals surface area contributed by atoms with Crippen LogP contribution in [0.2, 0.25) is 0 Å². The maximum atomic E-state index is 13.0. The van der Waals surface area contributed by atoms with E-state index in [0.29, 0.717) is 5.89 Å². The van der Waals surface area contributed by atoms with E-state index in [0.717, 1.165) is 11.1 Å². The van der Waals surface area contributed by atoms with Gasteiger partial charge in [-0.3, -0.25) is 19.5 Å². The summed E-state index contributed by atoms with van der Waals surface area (Å²) in [4.78, 5) is 28.1. The van der Waals surface area contributed by atoms with Gasteiger partial charge in [-0.2, -0.15) is 5.10 Å². The summed E-state index contributed by atoms with van der Waals surface area (Å²) >= 11 is 0. The minimum Gasteiger partial charge on any atom is -0.419 e. The lowest BCUT2D eigenvalue weighted by Crippen LogP contribution is -2.21. The number of aryl methyl sites for hydroxylation is 1. The normalized spacial score (nSPS) is 11.2. The maximum absolute atomic E-state index is 13.0. The van der Waals surface area contributed by atoms with Crippen molar-refractivity contribution in [2.45, 2.75) is 13.5 Å². The third kappa shape index (κ3) is 3.31. The molecule has 5 rings (SSSR count). The molecule has 11 nitrogen and oxygen atoms in total. The summed E-state index contributed by atoms with van der Waals surface area (Å²) in [6, 6.07) is 13.8. The average Bonchev–Trinajstić information content (AvgIpc) is 3.44. The van der Waals surface area contributed by atoms with E-state index in [9.17, 15) is 14.9 Å². The molecule has 0 saturated carbocycles. The third-order valence-electron chi connectivity index (χ3n) is 4.93. The summed E-state index contributed by atoms with van der Waals surface area (Å²) in [6.07, 6.45) is 2.66. The molecule has 0 N–H and O–H groups in total. The van der Waals surface area contributed by atoms with Gasteiger partial charge in [0.1, 0.15) is 23.9 Å². The van der Waals surface area contributed by atoms with E-state index < -0.39 is 4.92 Å². The van der Waals surface area contributed by atoms with Crippen LogP contribution in [-0.4, -0.2) is 34.5 Å². The molecule has 0 spiro atoms. The summed E-state index contributed by atoms with van der Waals surface area (Å²) in [5.74, 6) is 0.598. The van der Waals surface area contributed by atoms with Gasteiger partial charge in [0, 0.05) is 11.6 Å². The Labute approximate surface area is 179 Å². The lowest BCUT2D eigenvalue weighted by molar-refractivity contribution is -0.384. The Morgan fingerprint density at radius 1 is 1.09 bits per heavy atom. The first kappa shape index (κ1) is 19.3. The van der Waals surface area contributed by atoms with Gasteiger partial charge in [0.25, 0.3) is 11.2 Å². The lowest BCUT2D eigenvalue weighted by atomic mass is 10.1. The molecule has 0 aliphatic carbocycles. The molecule has 0 fully saturated rings. The van der Waals surface area contributed by atoms with Crippen LogP contribution in [0.3, 0.4) is 0 Å². The van der Waals surface area contributed by atoms with Gasteiger partial charge in [0.05, 0.1) is 11.1 Å². The highest BCUT2D eigenvalue weighted by atomic mass is 16.6. The average molecular weight is 429 g/mol. The van der Waals surface area contributed by atoms with Crippen LogP contribution in [-0.2, 0) is 6.54 Å². The second-order valence-electron chi connectivity index (χ2n) is 7.08. The molecule has 3 aromatic heterocycles. The number of para-hydroxylation sites is 2. The molecule has 0 amide bonds. The zero-order valence-electron chi connectivity index (χ0n) is 16.7. The van der Waals surface area contributed by atoms with Gasteiger partial charge < -0.3 is 4.42 Å². The zero-order chi connectivity index (χ0) is 22.2. The smallest absolute Gasteiger partial charge is 0.294 e. The molecule has 2 aromatic carbocycles. The highest BCUT2D eigenvalue weighted by molar-refractivity contribution is 5.76. The highest BCUT2D eigenvalue weighted by Gasteiger charge is 2.19. The third-order valence-corrected chi connectivity index (χ3v) is 4.93. The van der Waals surface area contributed by atoms with Crippen molar-refractivity contribution in [2.75, 3.05) is 0 Å². The van der Waals surface area contributed by atoms with Gasteiger partial charge >= 0.3 is 0 Å². The summed E-state index contributed by atoms with van der Waals surface area (Å²) in [6.45, 7) is 2.01. The first-order valence-corrected chi connectivity index (χ1v) is 9.57. The number of nitro groups is 1. The first-order chi connectivity index (χ1) is 15.5. The fourth-order valence-electron chi connectivity index (χ4n) is 3.31.